The van der Waals surface area contributed by atoms with Crippen molar-refractivity contribution in [1.29, 1.82) is 0 Å². The van der Waals surface area contributed by atoms with Crippen LogP contribution in [0.3, 0.4) is 0 Å². The van der Waals surface area contributed by atoms with Crippen LogP contribution >= 0.6 is 0 Å². The van der Waals surface area contributed by atoms with Crippen molar-refractivity contribution in [3.05, 3.63) is 18.0 Å². The molecule has 1 rings (SSSR count). The van der Waals surface area contributed by atoms with E-state index in [-0.39, 0.29) is 5.92 Å². The summed E-state index contributed by atoms with van der Waals surface area (Å²) >= 11 is 0. The molecule has 1 aromatic rings. The Morgan fingerprint density at radius 3 is 2.19 bits per heavy atom. The standard InChI is InChI=1S/C9H11F5N2/c1-6(2)7-3-4-16(15-7)5-8(10,11)9(12,13)14/h3-4,6H,5H2,1-2H3. The lowest BCUT2D eigenvalue weighted by atomic mass is 10.1. The van der Waals surface area contributed by atoms with Gasteiger partial charge in [-0.05, 0) is 12.0 Å². The van der Waals surface area contributed by atoms with E-state index in [1.165, 1.54) is 6.07 Å². The molecule has 0 saturated carbocycles. The van der Waals surface area contributed by atoms with E-state index < -0.39 is 18.6 Å². The molecule has 92 valence electrons. The molecule has 0 amide bonds. The van der Waals surface area contributed by atoms with E-state index in [9.17, 15) is 22.0 Å². The molecule has 0 N–H and O–H groups in total. The molecule has 0 unspecified atom stereocenters. The summed E-state index contributed by atoms with van der Waals surface area (Å²) in [5.74, 6) is -4.77. The van der Waals surface area contributed by atoms with Crippen LogP contribution < -0.4 is 0 Å². The first-order chi connectivity index (χ1) is 7.13. The first kappa shape index (κ1) is 12.9. The molecule has 0 bridgehead atoms. The summed E-state index contributed by atoms with van der Waals surface area (Å²) in [4.78, 5) is 0. The molecule has 0 aromatic carbocycles. The summed E-state index contributed by atoms with van der Waals surface area (Å²) in [6, 6.07) is 1.43. The second-order valence-corrected chi connectivity index (χ2v) is 3.80. The Balaban J connectivity index is 2.81. The number of nitrogens with zero attached hydrogens (tertiary/aromatic N) is 2. The highest BCUT2D eigenvalue weighted by Gasteiger charge is 2.57. The van der Waals surface area contributed by atoms with Gasteiger partial charge in [0.05, 0.1) is 5.69 Å². The van der Waals surface area contributed by atoms with Gasteiger partial charge in [-0.1, -0.05) is 13.8 Å². The van der Waals surface area contributed by atoms with Crippen LogP contribution in [0, 0.1) is 0 Å². The lowest BCUT2D eigenvalue weighted by molar-refractivity contribution is -0.287. The lowest BCUT2D eigenvalue weighted by Gasteiger charge is -2.19. The van der Waals surface area contributed by atoms with Crippen LogP contribution in [0.4, 0.5) is 22.0 Å². The van der Waals surface area contributed by atoms with Crippen molar-refractivity contribution in [2.24, 2.45) is 0 Å². The van der Waals surface area contributed by atoms with Gasteiger partial charge < -0.3 is 0 Å². The van der Waals surface area contributed by atoms with Crippen molar-refractivity contribution in [2.45, 2.75) is 38.4 Å². The minimum atomic E-state index is -5.54. The maximum Gasteiger partial charge on any atom is 0.455 e. The van der Waals surface area contributed by atoms with E-state index in [4.69, 9.17) is 0 Å². The van der Waals surface area contributed by atoms with Gasteiger partial charge in [-0.15, -0.1) is 0 Å². The summed E-state index contributed by atoms with van der Waals surface area (Å²) in [7, 11) is 0. The van der Waals surface area contributed by atoms with Crippen molar-refractivity contribution < 1.29 is 22.0 Å². The van der Waals surface area contributed by atoms with Crippen LogP contribution in [0.25, 0.3) is 0 Å². The molecular formula is C9H11F5N2. The van der Waals surface area contributed by atoms with E-state index in [2.05, 4.69) is 5.10 Å². The van der Waals surface area contributed by atoms with Gasteiger partial charge in [-0.3, -0.25) is 4.68 Å². The van der Waals surface area contributed by atoms with E-state index in [0.717, 1.165) is 6.20 Å². The van der Waals surface area contributed by atoms with E-state index in [0.29, 0.717) is 10.4 Å². The van der Waals surface area contributed by atoms with Crippen molar-refractivity contribution in [1.82, 2.24) is 9.78 Å². The molecular weight excluding hydrogens is 231 g/mol. The number of aromatic nitrogens is 2. The topological polar surface area (TPSA) is 17.8 Å². The summed E-state index contributed by atoms with van der Waals surface area (Å²) in [5, 5.41) is 3.65. The number of hydrogen-bond donors (Lipinski definition) is 0. The SMILES string of the molecule is CC(C)c1ccn(CC(F)(F)C(F)(F)F)n1. The highest BCUT2D eigenvalue weighted by atomic mass is 19.4. The van der Waals surface area contributed by atoms with Crippen molar-refractivity contribution in [2.75, 3.05) is 0 Å². The molecule has 1 aromatic heterocycles. The van der Waals surface area contributed by atoms with Gasteiger partial charge >= 0.3 is 12.1 Å². The molecule has 0 fully saturated rings. The zero-order valence-electron chi connectivity index (χ0n) is 8.72. The highest BCUT2D eigenvalue weighted by Crippen LogP contribution is 2.36. The fraction of sp³-hybridized carbons (Fsp3) is 0.667. The van der Waals surface area contributed by atoms with Crippen molar-refractivity contribution in [3.63, 3.8) is 0 Å². The maximum absolute atomic E-state index is 12.6. The monoisotopic (exact) mass is 242 g/mol. The van der Waals surface area contributed by atoms with Gasteiger partial charge in [0.1, 0.15) is 6.54 Å². The number of hydrogen-bond acceptors (Lipinski definition) is 1. The van der Waals surface area contributed by atoms with Crippen LogP contribution in [0.2, 0.25) is 0 Å². The molecule has 0 saturated heterocycles. The van der Waals surface area contributed by atoms with Gasteiger partial charge in [0.25, 0.3) is 0 Å². The molecule has 0 aliphatic rings. The van der Waals surface area contributed by atoms with Crippen LogP contribution in [0.1, 0.15) is 25.5 Å². The predicted octanol–water partition coefficient (Wildman–Crippen LogP) is 3.20. The number of alkyl halides is 5. The summed E-state index contributed by atoms with van der Waals surface area (Å²) < 4.78 is 61.6. The Kier molecular flexibility index (Phi) is 3.25. The van der Waals surface area contributed by atoms with Gasteiger partial charge in [-0.2, -0.15) is 27.1 Å². The first-order valence-electron chi connectivity index (χ1n) is 4.61. The third-order valence-electron chi connectivity index (χ3n) is 2.03. The average molecular weight is 242 g/mol. The number of rotatable bonds is 3. The van der Waals surface area contributed by atoms with Crippen molar-refractivity contribution in [3.8, 4) is 0 Å². The van der Waals surface area contributed by atoms with Crippen LogP contribution in [0.5, 0.6) is 0 Å². The van der Waals surface area contributed by atoms with E-state index in [1.54, 1.807) is 13.8 Å². The Hall–Kier alpha value is -1.14. The average Bonchev–Trinajstić information content (AvgIpc) is 2.49. The fourth-order valence-corrected chi connectivity index (χ4v) is 1.07. The molecule has 2 nitrogen and oxygen atoms in total. The predicted molar refractivity (Wildman–Crippen MR) is 47.3 cm³/mol. The Bertz CT molecular complexity index is 353. The molecule has 0 spiro atoms. The Labute approximate surface area is 89.1 Å². The molecule has 16 heavy (non-hydrogen) atoms. The molecule has 0 aliphatic heterocycles. The highest BCUT2D eigenvalue weighted by molar-refractivity contribution is 5.04. The molecule has 0 radical (unpaired) electrons. The van der Waals surface area contributed by atoms with E-state index in [1.807, 2.05) is 0 Å². The minimum Gasteiger partial charge on any atom is -0.266 e. The summed E-state index contributed by atoms with van der Waals surface area (Å²) in [6.07, 6.45) is -4.42. The third kappa shape index (κ3) is 2.70. The summed E-state index contributed by atoms with van der Waals surface area (Å²) in [6.45, 7) is 2.06. The molecule has 0 atom stereocenters. The zero-order valence-corrected chi connectivity index (χ0v) is 8.72. The second-order valence-electron chi connectivity index (χ2n) is 3.80. The van der Waals surface area contributed by atoms with Crippen LogP contribution in [-0.2, 0) is 6.54 Å². The van der Waals surface area contributed by atoms with Gasteiger partial charge in [0.2, 0.25) is 0 Å². The Morgan fingerprint density at radius 2 is 1.81 bits per heavy atom. The minimum absolute atomic E-state index is 0.0132. The van der Waals surface area contributed by atoms with Gasteiger partial charge in [0, 0.05) is 6.20 Å². The quantitative estimate of drug-likeness (QED) is 0.744. The molecule has 1 heterocycles. The lowest BCUT2D eigenvalue weighted by Crippen LogP contribution is -2.40. The normalized spacial score (nSPS) is 13.5. The fourth-order valence-electron chi connectivity index (χ4n) is 1.07. The number of halogens is 5. The summed E-state index contributed by atoms with van der Waals surface area (Å²) in [5.41, 5.74) is 0.484. The van der Waals surface area contributed by atoms with Crippen LogP contribution in [-0.4, -0.2) is 21.9 Å². The van der Waals surface area contributed by atoms with Gasteiger partial charge in [-0.25, -0.2) is 0 Å². The maximum atomic E-state index is 12.6. The second kappa shape index (κ2) is 4.03. The first-order valence-corrected chi connectivity index (χ1v) is 4.61. The van der Waals surface area contributed by atoms with Gasteiger partial charge in [0.15, 0.2) is 0 Å². The molecule has 0 aliphatic carbocycles. The Morgan fingerprint density at radius 1 is 1.25 bits per heavy atom. The van der Waals surface area contributed by atoms with Crippen LogP contribution in [0.15, 0.2) is 12.3 Å². The van der Waals surface area contributed by atoms with E-state index >= 15 is 0 Å². The largest absolute Gasteiger partial charge is 0.455 e. The third-order valence-corrected chi connectivity index (χ3v) is 2.03. The smallest absolute Gasteiger partial charge is 0.266 e. The molecule has 7 heteroatoms. The van der Waals surface area contributed by atoms with Crippen molar-refractivity contribution >= 4 is 0 Å². The zero-order chi connectivity index (χ0) is 12.6.